The van der Waals surface area contributed by atoms with E-state index in [1.807, 2.05) is 0 Å². The molecule has 1 atom stereocenters. The largest absolute Gasteiger partial charge is 0.465 e. The summed E-state index contributed by atoms with van der Waals surface area (Å²) in [6.45, 7) is 5.13. The third-order valence-electron chi connectivity index (χ3n) is 5.34. The molecule has 0 saturated carbocycles. The van der Waals surface area contributed by atoms with Crippen molar-refractivity contribution < 1.29 is 28.8 Å². The number of hydrogen-bond acceptors (Lipinski definition) is 9. The number of nitrogens with zero attached hydrogens (tertiary/aromatic N) is 2. The summed E-state index contributed by atoms with van der Waals surface area (Å²) in [5.41, 5.74) is 1.02. The van der Waals surface area contributed by atoms with Crippen LogP contribution in [0.4, 0.5) is 5.69 Å². The van der Waals surface area contributed by atoms with E-state index in [1.165, 1.54) is 37.6 Å². The highest BCUT2D eigenvalue weighted by atomic mass is 16.6. The van der Waals surface area contributed by atoms with E-state index in [0.717, 1.165) is 4.68 Å². The number of dihydropyridines is 1. The maximum absolute atomic E-state index is 13.7. The molecule has 1 unspecified atom stereocenters. The molecule has 0 amide bonds. The number of esters is 2. The molecule has 11 nitrogen and oxygen atoms in total. The predicted molar refractivity (Wildman–Crippen MR) is 122 cm³/mol. The number of nitrogens with two attached hydrogens (primary N) is 1. The van der Waals surface area contributed by atoms with E-state index in [9.17, 15) is 24.5 Å². The van der Waals surface area contributed by atoms with Gasteiger partial charge in [-0.3, -0.25) is 19.6 Å². The van der Waals surface area contributed by atoms with Crippen molar-refractivity contribution >= 4 is 29.0 Å². The van der Waals surface area contributed by atoms with Crippen LogP contribution in [-0.4, -0.2) is 47.1 Å². The van der Waals surface area contributed by atoms with Crippen molar-refractivity contribution in [2.24, 2.45) is 0 Å². The maximum atomic E-state index is 13.7. The number of methoxy groups -OCH3 is 1. The van der Waals surface area contributed by atoms with Crippen molar-refractivity contribution in [1.82, 2.24) is 9.99 Å². The Labute approximate surface area is 194 Å². The van der Waals surface area contributed by atoms with E-state index in [2.05, 4.69) is 5.32 Å². The van der Waals surface area contributed by atoms with Gasteiger partial charge in [0.1, 0.15) is 5.69 Å². The molecule has 0 radical (unpaired) electrons. The average Bonchev–Trinajstić information content (AvgIpc) is 3.19. The van der Waals surface area contributed by atoms with Gasteiger partial charge in [0.2, 0.25) is 0 Å². The minimum atomic E-state index is -0.715. The van der Waals surface area contributed by atoms with E-state index in [0.29, 0.717) is 11.3 Å². The first-order valence-electron chi connectivity index (χ1n) is 10.3. The first-order chi connectivity index (χ1) is 16.1. The molecule has 178 valence electrons. The van der Waals surface area contributed by atoms with Gasteiger partial charge in [-0.05, 0) is 32.4 Å². The highest BCUT2D eigenvalue weighted by Crippen LogP contribution is 2.37. The predicted octanol–water partition coefficient (Wildman–Crippen LogP) is 2.36. The molecule has 3 rings (SSSR count). The topological polar surface area (TPSA) is 156 Å². The van der Waals surface area contributed by atoms with E-state index < -0.39 is 28.7 Å². The zero-order valence-corrected chi connectivity index (χ0v) is 19.1. The number of nitro benzene ring substituents is 1. The number of aromatic nitrogens is 1. The van der Waals surface area contributed by atoms with Crippen LogP contribution in [0.15, 0.2) is 53.4 Å². The molecule has 1 aliphatic rings. The second kappa shape index (κ2) is 9.61. The van der Waals surface area contributed by atoms with Crippen LogP contribution in [0.25, 0.3) is 5.57 Å². The van der Waals surface area contributed by atoms with Gasteiger partial charge in [0.25, 0.3) is 5.69 Å². The lowest BCUT2D eigenvalue weighted by atomic mass is 9.82. The van der Waals surface area contributed by atoms with Crippen molar-refractivity contribution in [3.05, 3.63) is 80.3 Å². The average molecular weight is 468 g/mol. The van der Waals surface area contributed by atoms with Gasteiger partial charge in [-0.25, -0.2) is 9.59 Å². The highest BCUT2D eigenvalue weighted by Gasteiger charge is 2.35. The fourth-order valence-corrected chi connectivity index (χ4v) is 3.88. The van der Waals surface area contributed by atoms with Gasteiger partial charge in [0, 0.05) is 40.7 Å². The van der Waals surface area contributed by atoms with E-state index in [1.54, 1.807) is 26.8 Å². The molecule has 1 aromatic carbocycles. The summed E-state index contributed by atoms with van der Waals surface area (Å²) in [6.07, 6.45) is 1.28. The molecular formula is C23H24N4O7. The molecular weight excluding hydrogens is 444 g/mol. The van der Waals surface area contributed by atoms with Crippen LogP contribution in [0.2, 0.25) is 0 Å². The summed E-state index contributed by atoms with van der Waals surface area (Å²) < 4.78 is 10.9. The SMILES string of the molecule is CCOC(=O)c1cc(C(=O)C2=C(c3cccc([N+](=O)[O-])c3)C(C(=O)OC)=C(C)NC2C)cn1N. The molecule has 1 aromatic heterocycles. The lowest BCUT2D eigenvalue weighted by Crippen LogP contribution is -2.37. The summed E-state index contributed by atoms with van der Waals surface area (Å²) in [5.74, 6) is 3.93. The molecule has 1 aliphatic heterocycles. The smallest absolute Gasteiger partial charge is 0.356 e. The van der Waals surface area contributed by atoms with Crippen molar-refractivity contribution in [2.75, 3.05) is 19.6 Å². The number of Topliss-reactive ketones (excluding diaryl/α,β-unsaturated/α-hetero) is 1. The molecule has 2 aromatic rings. The quantitative estimate of drug-likeness (QED) is 0.205. The number of hydrogen-bond donors (Lipinski definition) is 2. The molecule has 2 heterocycles. The van der Waals surface area contributed by atoms with Crippen LogP contribution in [-0.2, 0) is 14.3 Å². The number of allylic oxidation sites excluding steroid dienone is 1. The first-order valence-corrected chi connectivity index (χ1v) is 10.3. The maximum Gasteiger partial charge on any atom is 0.356 e. The van der Waals surface area contributed by atoms with Gasteiger partial charge in [0.05, 0.1) is 30.3 Å². The second-order valence-corrected chi connectivity index (χ2v) is 7.52. The minimum absolute atomic E-state index is 0.0287. The van der Waals surface area contributed by atoms with Crippen LogP contribution >= 0.6 is 0 Å². The lowest BCUT2D eigenvalue weighted by Gasteiger charge is -2.29. The van der Waals surface area contributed by atoms with Crippen LogP contribution in [0, 0.1) is 10.1 Å². The number of carbonyl (C=O) groups excluding carboxylic acids is 3. The Balaban J connectivity index is 2.27. The Kier molecular flexibility index (Phi) is 6.85. The van der Waals surface area contributed by atoms with Crippen molar-refractivity contribution in [3.8, 4) is 0 Å². The number of benzene rings is 1. The first kappa shape index (κ1) is 24.2. The minimum Gasteiger partial charge on any atom is -0.465 e. The number of ether oxygens (including phenoxy) is 2. The Hall–Kier alpha value is -4.41. The van der Waals surface area contributed by atoms with E-state index >= 15 is 0 Å². The van der Waals surface area contributed by atoms with E-state index in [-0.39, 0.29) is 40.3 Å². The molecule has 0 aliphatic carbocycles. The molecule has 34 heavy (non-hydrogen) atoms. The molecule has 0 bridgehead atoms. The Morgan fingerprint density at radius 2 is 1.94 bits per heavy atom. The summed E-state index contributed by atoms with van der Waals surface area (Å²) in [6, 6.07) is 6.35. The number of nitrogens with one attached hydrogen (secondary N) is 1. The normalized spacial score (nSPS) is 15.6. The van der Waals surface area contributed by atoms with Gasteiger partial charge < -0.3 is 20.6 Å². The summed E-state index contributed by atoms with van der Waals surface area (Å²) in [7, 11) is 1.20. The molecule has 0 fully saturated rings. The fraction of sp³-hybridized carbons (Fsp3) is 0.261. The van der Waals surface area contributed by atoms with Crippen LogP contribution in [0.3, 0.4) is 0 Å². The van der Waals surface area contributed by atoms with Gasteiger partial charge in [-0.2, -0.15) is 0 Å². The number of nitrogen functional groups attached to an aromatic ring is 1. The number of non-ortho nitro benzene ring substituents is 1. The van der Waals surface area contributed by atoms with Gasteiger partial charge >= 0.3 is 11.9 Å². The van der Waals surface area contributed by atoms with Crippen LogP contribution in [0.5, 0.6) is 0 Å². The Bertz CT molecular complexity index is 1260. The van der Waals surface area contributed by atoms with Crippen molar-refractivity contribution in [3.63, 3.8) is 0 Å². The highest BCUT2D eigenvalue weighted by molar-refractivity contribution is 6.21. The molecule has 3 N–H and O–H groups in total. The number of rotatable bonds is 7. The van der Waals surface area contributed by atoms with Crippen LogP contribution < -0.4 is 11.2 Å². The van der Waals surface area contributed by atoms with Gasteiger partial charge in [-0.1, -0.05) is 12.1 Å². The number of ketones is 1. The summed E-state index contributed by atoms with van der Waals surface area (Å²) in [5, 5.41) is 14.5. The van der Waals surface area contributed by atoms with E-state index in [4.69, 9.17) is 15.3 Å². The summed E-state index contributed by atoms with van der Waals surface area (Å²) >= 11 is 0. The second-order valence-electron chi connectivity index (χ2n) is 7.52. The molecule has 11 heteroatoms. The Morgan fingerprint density at radius 3 is 2.56 bits per heavy atom. The van der Waals surface area contributed by atoms with Crippen LogP contribution in [0.1, 0.15) is 47.2 Å². The molecule has 0 spiro atoms. The van der Waals surface area contributed by atoms with Crippen molar-refractivity contribution in [1.29, 1.82) is 0 Å². The fourth-order valence-electron chi connectivity index (χ4n) is 3.88. The third-order valence-corrected chi connectivity index (χ3v) is 5.34. The zero-order valence-electron chi connectivity index (χ0n) is 19.1. The molecule has 0 saturated heterocycles. The Morgan fingerprint density at radius 1 is 1.24 bits per heavy atom. The standard InChI is InChI=1S/C23H24N4O7/c1-5-34-22(29)17-10-15(11-26(17)24)21(28)18-12(2)25-13(3)19(23(30)33-4)20(18)14-7-6-8-16(9-14)27(31)32/h6-12,25H,5,24H2,1-4H3. The third kappa shape index (κ3) is 4.40. The van der Waals surface area contributed by atoms with Crippen molar-refractivity contribution in [2.45, 2.75) is 26.8 Å². The number of nitro groups is 1. The van der Waals surface area contributed by atoms with Gasteiger partial charge in [0.15, 0.2) is 5.78 Å². The lowest BCUT2D eigenvalue weighted by molar-refractivity contribution is -0.384. The monoisotopic (exact) mass is 468 g/mol. The summed E-state index contributed by atoms with van der Waals surface area (Å²) in [4.78, 5) is 49.4. The number of carbonyl (C=O) groups is 3. The van der Waals surface area contributed by atoms with Gasteiger partial charge in [-0.15, -0.1) is 0 Å². The zero-order chi connectivity index (χ0) is 25.2.